The molecule has 6 heteroatoms. The smallest absolute Gasteiger partial charge is 0.231 e. The van der Waals surface area contributed by atoms with Crippen LogP contribution in [0.2, 0.25) is 0 Å². The van der Waals surface area contributed by atoms with Crippen LogP contribution in [-0.4, -0.2) is 15.9 Å². The lowest BCUT2D eigenvalue weighted by atomic mass is 10.2. The monoisotopic (exact) mass is 246 g/mol. The molecule has 3 N–H and O–H groups in total. The lowest BCUT2D eigenvalue weighted by molar-refractivity contribution is -0.115. The van der Waals surface area contributed by atoms with E-state index in [-0.39, 0.29) is 12.3 Å². The van der Waals surface area contributed by atoms with E-state index in [1.807, 2.05) is 0 Å². The van der Waals surface area contributed by atoms with Gasteiger partial charge in [-0.1, -0.05) is 0 Å². The average Bonchev–Trinajstić information content (AvgIpc) is 2.35. The molecule has 2 aromatic rings. The highest BCUT2D eigenvalue weighted by atomic mass is 19.1. The molecule has 0 radical (unpaired) electrons. The van der Waals surface area contributed by atoms with Crippen molar-refractivity contribution < 1.29 is 9.18 Å². The summed E-state index contributed by atoms with van der Waals surface area (Å²) >= 11 is 0. The zero-order valence-corrected chi connectivity index (χ0v) is 9.43. The maximum absolute atomic E-state index is 12.6. The Labute approximate surface area is 103 Å². The molecular formula is C12H11FN4O. The molecule has 2 heterocycles. The quantitative estimate of drug-likeness (QED) is 0.857. The minimum Gasteiger partial charge on any atom is -0.397 e. The van der Waals surface area contributed by atoms with Crippen LogP contribution in [0, 0.1) is 5.82 Å². The number of aromatic nitrogens is 2. The number of hydrogen-bond acceptors (Lipinski definition) is 4. The van der Waals surface area contributed by atoms with Crippen molar-refractivity contribution >= 4 is 17.4 Å². The molecule has 2 aromatic heterocycles. The van der Waals surface area contributed by atoms with Crippen molar-refractivity contribution in [1.29, 1.82) is 0 Å². The summed E-state index contributed by atoms with van der Waals surface area (Å²) in [5.41, 5.74) is 6.63. The summed E-state index contributed by atoms with van der Waals surface area (Å²) in [6.07, 6.45) is 2.63. The summed E-state index contributed by atoms with van der Waals surface area (Å²) in [6.45, 7) is 0. The molecule has 1 amide bonds. The van der Waals surface area contributed by atoms with E-state index in [0.29, 0.717) is 17.2 Å². The first-order valence-electron chi connectivity index (χ1n) is 5.25. The summed E-state index contributed by atoms with van der Waals surface area (Å²) in [5.74, 6) is -0.420. The number of nitrogens with two attached hydrogens (primary N) is 1. The molecule has 0 unspecified atom stereocenters. The number of nitrogen functional groups attached to an aromatic ring is 1. The third kappa shape index (κ3) is 3.24. The first-order chi connectivity index (χ1) is 8.63. The van der Waals surface area contributed by atoms with Gasteiger partial charge >= 0.3 is 0 Å². The van der Waals surface area contributed by atoms with Crippen LogP contribution >= 0.6 is 0 Å². The molecule has 0 aliphatic rings. The average molecular weight is 246 g/mol. The third-order valence-corrected chi connectivity index (χ3v) is 2.18. The van der Waals surface area contributed by atoms with E-state index in [4.69, 9.17) is 5.73 Å². The highest BCUT2D eigenvalue weighted by Gasteiger charge is 2.05. The van der Waals surface area contributed by atoms with Crippen molar-refractivity contribution in [3.05, 3.63) is 48.2 Å². The Hall–Kier alpha value is -2.50. The molecular weight excluding hydrogens is 235 g/mol. The molecule has 0 fully saturated rings. The van der Waals surface area contributed by atoms with E-state index < -0.39 is 5.82 Å². The first kappa shape index (κ1) is 12.0. The number of pyridine rings is 2. The van der Waals surface area contributed by atoms with E-state index >= 15 is 0 Å². The minimum absolute atomic E-state index is 0.110. The Morgan fingerprint density at radius 3 is 2.67 bits per heavy atom. The number of hydrogen-bond donors (Lipinski definition) is 2. The van der Waals surface area contributed by atoms with Crippen molar-refractivity contribution in [2.24, 2.45) is 0 Å². The Morgan fingerprint density at radius 2 is 2.06 bits per heavy atom. The van der Waals surface area contributed by atoms with Crippen LogP contribution in [0.25, 0.3) is 0 Å². The number of carbonyl (C=O) groups is 1. The van der Waals surface area contributed by atoms with E-state index in [2.05, 4.69) is 15.3 Å². The second kappa shape index (κ2) is 5.22. The van der Waals surface area contributed by atoms with Gasteiger partial charge in [-0.2, -0.15) is 0 Å². The van der Waals surface area contributed by atoms with Crippen molar-refractivity contribution in [1.82, 2.24) is 9.97 Å². The van der Waals surface area contributed by atoms with Gasteiger partial charge in [0.25, 0.3) is 0 Å². The fraction of sp³-hybridized carbons (Fsp3) is 0.0833. The predicted octanol–water partition coefficient (Wildman–Crippen LogP) is 1.38. The lowest BCUT2D eigenvalue weighted by Crippen LogP contribution is -2.16. The van der Waals surface area contributed by atoms with Crippen molar-refractivity contribution in [3.63, 3.8) is 0 Å². The molecule has 5 nitrogen and oxygen atoms in total. The van der Waals surface area contributed by atoms with Gasteiger partial charge in [0.15, 0.2) is 0 Å². The van der Waals surface area contributed by atoms with Crippen LogP contribution < -0.4 is 11.1 Å². The normalized spacial score (nSPS) is 10.1. The molecule has 0 aliphatic heterocycles. The molecule has 0 bridgehead atoms. The molecule has 18 heavy (non-hydrogen) atoms. The lowest BCUT2D eigenvalue weighted by Gasteiger charge is -2.04. The molecule has 0 spiro atoms. The summed E-state index contributed by atoms with van der Waals surface area (Å²) in [4.78, 5) is 19.4. The van der Waals surface area contributed by atoms with Crippen LogP contribution in [-0.2, 0) is 11.2 Å². The topological polar surface area (TPSA) is 80.9 Å². The minimum atomic E-state index is -0.451. The van der Waals surface area contributed by atoms with Gasteiger partial charge in [0, 0.05) is 5.69 Å². The Morgan fingerprint density at radius 1 is 1.22 bits per heavy atom. The van der Waals surface area contributed by atoms with Gasteiger partial charge in [-0.05, 0) is 24.3 Å². The first-order valence-corrected chi connectivity index (χ1v) is 5.25. The van der Waals surface area contributed by atoms with Crippen LogP contribution in [0.15, 0.2) is 36.7 Å². The maximum Gasteiger partial charge on any atom is 0.231 e. The van der Waals surface area contributed by atoms with Gasteiger partial charge in [0.1, 0.15) is 11.6 Å². The Bertz CT molecular complexity index is 490. The van der Waals surface area contributed by atoms with Gasteiger partial charge in [-0.3, -0.25) is 9.78 Å². The molecule has 92 valence electrons. The van der Waals surface area contributed by atoms with Crippen LogP contribution in [0.3, 0.4) is 0 Å². The SMILES string of the molecule is Nc1ccc(CC(=O)Nc2ccc(F)cn2)nc1. The highest BCUT2D eigenvalue weighted by Crippen LogP contribution is 2.06. The number of nitrogens with one attached hydrogen (secondary N) is 1. The van der Waals surface area contributed by atoms with Crippen molar-refractivity contribution in [2.75, 3.05) is 11.1 Å². The standard InChI is InChI=1S/C12H11FN4O/c13-8-1-4-11(16-6-8)17-12(18)5-10-3-2-9(14)7-15-10/h1-4,6-7H,5,14H2,(H,16,17,18). The van der Waals surface area contributed by atoms with Gasteiger partial charge in [-0.25, -0.2) is 9.37 Å². The predicted molar refractivity (Wildman–Crippen MR) is 65.2 cm³/mol. The van der Waals surface area contributed by atoms with Crippen LogP contribution in [0.5, 0.6) is 0 Å². The number of nitrogens with zero attached hydrogens (tertiary/aromatic N) is 2. The van der Waals surface area contributed by atoms with Crippen LogP contribution in [0.1, 0.15) is 5.69 Å². The zero-order valence-electron chi connectivity index (χ0n) is 9.43. The number of halogens is 1. The summed E-state index contributed by atoms with van der Waals surface area (Å²) in [7, 11) is 0. The second-order valence-corrected chi connectivity index (χ2v) is 3.67. The van der Waals surface area contributed by atoms with E-state index in [9.17, 15) is 9.18 Å². The van der Waals surface area contributed by atoms with Gasteiger partial charge in [-0.15, -0.1) is 0 Å². The molecule has 0 aliphatic carbocycles. The maximum atomic E-state index is 12.6. The summed E-state index contributed by atoms with van der Waals surface area (Å²) in [5, 5.41) is 2.54. The fourth-order valence-electron chi connectivity index (χ4n) is 1.34. The Balaban J connectivity index is 1.96. The van der Waals surface area contributed by atoms with E-state index in [1.54, 1.807) is 12.1 Å². The Kier molecular flexibility index (Phi) is 3.47. The summed E-state index contributed by atoms with van der Waals surface area (Å²) in [6, 6.07) is 5.96. The fourth-order valence-corrected chi connectivity index (χ4v) is 1.34. The number of carbonyl (C=O) groups excluding carboxylic acids is 1. The number of amides is 1. The largest absolute Gasteiger partial charge is 0.397 e. The van der Waals surface area contributed by atoms with Gasteiger partial charge in [0.2, 0.25) is 5.91 Å². The van der Waals surface area contributed by atoms with E-state index in [1.165, 1.54) is 18.3 Å². The molecule has 2 rings (SSSR count). The molecule has 0 aromatic carbocycles. The zero-order chi connectivity index (χ0) is 13.0. The third-order valence-electron chi connectivity index (χ3n) is 2.18. The second-order valence-electron chi connectivity index (χ2n) is 3.67. The van der Waals surface area contributed by atoms with Gasteiger partial charge in [0.05, 0.1) is 24.5 Å². The van der Waals surface area contributed by atoms with Gasteiger partial charge < -0.3 is 11.1 Å². The molecule has 0 saturated carbocycles. The number of rotatable bonds is 3. The van der Waals surface area contributed by atoms with E-state index in [0.717, 1.165) is 6.20 Å². The number of anilines is 2. The molecule has 0 saturated heterocycles. The molecule has 0 atom stereocenters. The van der Waals surface area contributed by atoms with Crippen molar-refractivity contribution in [3.8, 4) is 0 Å². The highest BCUT2D eigenvalue weighted by molar-refractivity contribution is 5.91. The van der Waals surface area contributed by atoms with Crippen LogP contribution in [0.4, 0.5) is 15.9 Å². The summed E-state index contributed by atoms with van der Waals surface area (Å²) < 4.78 is 12.6. The van der Waals surface area contributed by atoms with Crippen molar-refractivity contribution in [2.45, 2.75) is 6.42 Å².